The number of carbonyl (C=O) groups is 1. The van der Waals surface area contributed by atoms with Crippen LogP contribution in [0.3, 0.4) is 0 Å². The van der Waals surface area contributed by atoms with E-state index in [0.717, 1.165) is 18.5 Å². The molecule has 1 aromatic carbocycles. The van der Waals surface area contributed by atoms with Crippen LogP contribution in [0.1, 0.15) is 15.9 Å². The molecule has 1 heterocycles. The van der Waals surface area contributed by atoms with E-state index in [1.807, 2.05) is 0 Å². The first-order chi connectivity index (χ1) is 9.77. The summed E-state index contributed by atoms with van der Waals surface area (Å²) in [6, 6.07) is 4.48. The van der Waals surface area contributed by atoms with Gasteiger partial charge in [0, 0.05) is 10.5 Å². The average molecular weight is 381 g/mol. The minimum atomic E-state index is -4.65. The van der Waals surface area contributed by atoms with Crippen LogP contribution >= 0.6 is 27.5 Å². The Labute approximate surface area is 130 Å². The summed E-state index contributed by atoms with van der Waals surface area (Å²) < 4.78 is 39.1. The summed E-state index contributed by atoms with van der Waals surface area (Å²) in [6.07, 6.45) is -3.57. The Morgan fingerprint density at radius 2 is 1.95 bits per heavy atom. The van der Waals surface area contributed by atoms with Crippen molar-refractivity contribution >= 4 is 39.3 Å². The maximum Gasteiger partial charge on any atom is 0.417 e. The maximum absolute atomic E-state index is 12.9. The van der Waals surface area contributed by atoms with E-state index in [4.69, 9.17) is 11.6 Å². The monoisotopic (exact) mass is 379 g/mol. The van der Waals surface area contributed by atoms with Crippen molar-refractivity contribution in [3.8, 4) is 0 Å². The quantitative estimate of drug-likeness (QED) is 0.796. The SMILES string of the molecule is O=C(Nc1cc(Cl)ncn1)c1ccc(Br)cc1C(F)(F)F. The molecule has 2 aromatic rings. The van der Waals surface area contributed by atoms with E-state index < -0.39 is 23.2 Å². The third-order valence-electron chi connectivity index (χ3n) is 2.41. The lowest BCUT2D eigenvalue weighted by Gasteiger charge is -2.13. The van der Waals surface area contributed by atoms with E-state index in [1.165, 1.54) is 12.1 Å². The number of hydrogen-bond donors (Lipinski definition) is 1. The Kier molecular flexibility index (Phi) is 4.48. The maximum atomic E-state index is 12.9. The lowest BCUT2D eigenvalue weighted by Crippen LogP contribution is -2.19. The molecular weight excluding hydrogens is 375 g/mol. The number of amides is 1. The van der Waals surface area contributed by atoms with Gasteiger partial charge in [-0.15, -0.1) is 0 Å². The Hall–Kier alpha value is -1.67. The largest absolute Gasteiger partial charge is 0.417 e. The van der Waals surface area contributed by atoms with Crippen molar-refractivity contribution < 1.29 is 18.0 Å². The second kappa shape index (κ2) is 5.98. The number of rotatable bonds is 2. The zero-order valence-electron chi connectivity index (χ0n) is 10.1. The van der Waals surface area contributed by atoms with Crippen LogP contribution in [0.2, 0.25) is 5.15 Å². The normalized spacial score (nSPS) is 11.3. The molecule has 110 valence electrons. The Morgan fingerprint density at radius 3 is 2.57 bits per heavy atom. The van der Waals surface area contributed by atoms with Gasteiger partial charge in [0.25, 0.3) is 5.91 Å². The summed E-state index contributed by atoms with van der Waals surface area (Å²) in [5.41, 5.74) is -1.56. The molecule has 2 rings (SSSR count). The molecule has 0 aliphatic rings. The number of hydrogen-bond acceptors (Lipinski definition) is 3. The number of halogens is 5. The van der Waals surface area contributed by atoms with Crippen molar-refractivity contribution in [3.05, 3.63) is 51.3 Å². The summed E-state index contributed by atoms with van der Waals surface area (Å²) in [6.45, 7) is 0. The van der Waals surface area contributed by atoms with Crippen molar-refractivity contribution in [1.29, 1.82) is 0 Å². The lowest BCUT2D eigenvalue weighted by molar-refractivity contribution is -0.137. The predicted octanol–water partition coefficient (Wildman–Crippen LogP) is 4.16. The molecule has 0 fully saturated rings. The Morgan fingerprint density at radius 1 is 1.24 bits per heavy atom. The molecule has 1 aromatic heterocycles. The zero-order chi connectivity index (χ0) is 15.6. The highest BCUT2D eigenvalue weighted by atomic mass is 79.9. The zero-order valence-corrected chi connectivity index (χ0v) is 12.4. The molecule has 0 spiro atoms. The third kappa shape index (κ3) is 3.92. The Bertz CT molecular complexity index is 694. The summed E-state index contributed by atoms with van der Waals surface area (Å²) >= 11 is 8.55. The van der Waals surface area contributed by atoms with Gasteiger partial charge >= 0.3 is 6.18 Å². The number of aromatic nitrogens is 2. The van der Waals surface area contributed by atoms with Crippen LogP contribution in [0.4, 0.5) is 19.0 Å². The van der Waals surface area contributed by atoms with E-state index in [0.29, 0.717) is 0 Å². The first-order valence-corrected chi connectivity index (χ1v) is 6.60. The molecule has 1 N–H and O–H groups in total. The van der Waals surface area contributed by atoms with E-state index >= 15 is 0 Å². The summed E-state index contributed by atoms with van der Waals surface area (Å²) in [7, 11) is 0. The molecule has 1 amide bonds. The van der Waals surface area contributed by atoms with Gasteiger partial charge in [0.2, 0.25) is 0 Å². The average Bonchev–Trinajstić information content (AvgIpc) is 2.37. The van der Waals surface area contributed by atoms with E-state index in [2.05, 4.69) is 31.2 Å². The minimum absolute atomic E-state index is 0.0102. The van der Waals surface area contributed by atoms with Crippen LogP contribution < -0.4 is 5.32 Å². The predicted molar refractivity (Wildman–Crippen MR) is 74.1 cm³/mol. The Balaban J connectivity index is 2.35. The van der Waals surface area contributed by atoms with Crippen molar-refractivity contribution in [2.45, 2.75) is 6.18 Å². The number of nitrogens with zero attached hydrogens (tertiary/aromatic N) is 2. The van der Waals surface area contributed by atoms with E-state index in [9.17, 15) is 18.0 Å². The molecule has 21 heavy (non-hydrogen) atoms. The fraction of sp³-hybridized carbons (Fsp3) is 0.0833. The van der Waals surface area contributed by atoms with Crippen LogP contribution in [0.5, 0.6) is 0 Å². The van der Waals surface area contributed by atoms with E-state index in [-0.39, 0.29) is 15.4 Å². The molecule has 0 unspecified atom stereocenters. The van der Waals surface area contributed by atoms with Gasteiger partial charge in [0.05, 0.1) is 11.1 Å². The highest BCUT2D eigenvalue weighted by Gasteiger charge is 2.35. The molecule has 0 saturated carbocycles. The van der Waals surface area contributed by atoms with Gasteiger partial charge in [-0.3, -0.25) is 4.79 Å². The first-order valence-electron chi connectivity index (χ1n) is 5.43. The minimum Gasteiger partial charge on any atom is -0.306 e. The van der Waals surface area contributed by atoms with Crippen LogP contribution in [-0.4, -0.2) is 15.9 Å². The summed E-state index contributed by atoms with van der Waals surface area (Å²) in [5.74, 6) is -0.930. The number of nitrogens with one attached hydrogen (secondary N) is 1. The summed E-state index contributed by atoms with van der Waals surface area (Å²) in [5, 5.41) is 2.30. The highest BCUT2D eigenvalue weighted by molar-refractivity contribution is 9.10. The van der Waals surface area contributed by atoms with Crippen LogP contribution in [0.15, 0.2) is 35.1 Å². The lowest BCUT2D eigenvalue weighted by atomic mass is 10.1. The molecular formula is C12H6BrClF3N3O. The van der Waals surface area contributed by atoms with Gasteiger partial charge in [-0.25, -0.2) is 9.97 Å². The van der Waals surface area contributed by atoms with Gasteiger partial charge in [-0.05, 0) is 18.2 Å². The van der Waals surface area contributed by atoms with Gasteiger partial charge in [-0.2, -0.15) is 13.2 Å². The van der Waals surface area contributed by atoms with Gasteiger partial charge in [0.1, 0.15) is 17.3 Å². The van der Waals surface area contributed by atoms with Gasteiger partial charge < -0.3 is 5.32 Å². The van der Waals surface area contributed by atoms with Crippen molar-refractivity contribution in [3.63, 3.8) is 0 Å². The van der Waals surface area contributed by atoms with Crippen molar-refractivity contribution in [2.75, 3.05) is 5.32 Å². The van der Waals surface area contributed by atoms with Gasteiger partial charge in [-0.1, -0.05) is 27.5 Å². The number of carbonyl (C=O) groups excluding carboxylic acids is 1. The topological polar surface area (TPSA) is 54.9 Å². The number of benzene rings is 1. The smallest absolute Gasteiger partial charge is 0.306 e. The third-order valence-corrected chi connectivity index (χ3v) is 3.11. The first kappa shape index (κ1) is 15.7. The molecule has 0 aliphatic carbocycles. The summed E-state index contributed by atoms with van der Waals surface area (Å²) in [4.78, 5) is 19.3. The van der Waals surface area contributed by atoms with Gasteiger partial charge in [0.15, 0.2) is 0 Å². The highest BCUT2D eigenvalue weighted by Crippen LogP contribution is 2.34. The fourth-order valence-electron chi connectivity index (χ4n) is 1.53. The van der Waals surface area contributed by atoms with Crippen LogP contribution in [-0.2, 0) is 6.18 Å². The molecule has 4 nitrogen and oxygen atoms in total. The fourth-order valence-corrected chi connectivity index (χ4v) is 2.04. The second-order valence-electron chi connectivity index (χ2n) is 3.87. The standard InChI is InChI=1S/C12H6BrClF3N3O/c13-6-1-2-7(8(3-6)12(15,16)17)11(21)20-10-4-9(14)18-5-19-10/h1-5H,(H,18,19,20,21). The van der Waals surface area contributed by atoms with Crippen molar-refractivity contribution in [2.24, 2.45) is 0 Å². The number of alkyl halides is 3. The van der Waals surface area contributed by atoms with E-state index in [1.54, 1.807) is 0 Å². The second-order valence-corrected chi connectivity index (χ2v) is 5.17. The molecule has 0 saturated heterocycles. The van der Waals surface area contributed by atoms with Crippen LogP contribution in [0, 0.1) is 0 Å². The number of anilines is 1. The molecule has 9 heteroatoms. The van der Waals surface area contributed by atoms with Crippen LogP contribution in [0.25, 0.3) is 0 Å². The molecule has 0 bridgehead atoms. The van der Waals surface area contributed by atoms with Crippen molar-refractivity contribution in [1.82, 2.24) is 9.97 Å². The molecule has 0 radical (unpaired) electrons. The molecule has 0 atom stereocenters. The molecule has 0 aliphatic heterocycles.